The summed E-state index contributed by atoms with van der Waals surface area (Å²) in [6.45, 7) is 2.04. The molecule has 0 rings (SSSR count). The summed E-state index contributed by atoms with van der Waals surface area (Å²) in [4.78, 5) is 34.5. The van der Waals surface area contributed by atoms with Gasteiger partial charge in [-0.1, -0.05) is 145 Å². The van der Waals surface area contributed by atoms with Gasteiger partial charge in [-0.15, -0.1) is 0 Å². The van der Waals surface area contributed by atoms with Crippen LogP contribution < -0.4 is 0 Å². The van der Waals surface area contributed by atoms with Crippen LogP contribution in [0.15, 0.2) is 60.8 Å². The number of hydrogen-bond donors (Lipinski definition) is 3. The highest BCUT2D eigenvalue weighted by molar-refractivity contribution is 7.47. The van der Waals surface area contributed by atoms with Crippen LogP contribution in [-0.4, -0.2) is 65.7 Å². The van der Waals surface area contributed by atoms with Crippen molar-refractivity contribution in [1.82, 2.24) is 0 Å². The summed E-state index contributed by atoms with van der Waals surface area (Å²) < 4.78 is 32.6. The molecular formula is C45H79O10P. The molecule has 0 radical (unpaired) electrons. The van der Waals surface area contributed by atoms with Crippen LogP contribution in [0.2, 0.25) is 0 Å². The molecule has 0 aromatic heterocycles. The standard InChI is InChI=1S/C45H79O10P/c1-3-5-7-9-11-13-15-17-19-20-21-23-25-27-29-31-33-35-37-45(49)55-43(39-47)41-53-56(50,51)52-40-42(38-46)54-44(48)36-34-32-30-28-26-24-22-18-16-14-12-10-8-6-4-2/h6,8,12-15,18-20,22,42-43,46-47H,3-5,7,9-11,16-17,21,23-41H2,1-2H3,(H,50,51)/b8-6-,14-12-,15-13-,20-19-,22-18-. The van der Waals surface area contributed by atoms with Gasteiger partial charge in [0.1, 0.15) is 12.2 Å². The molecule has 0 fully saturated rings. The lowest BCUT2D eigenvalue weighted by atomic mass is 10.1. The molecule has 3 atom stereocenters. The van der Waals surface area contributed by atoms with E-state index in [1.807, 2.05) is 0 Å². The van der Waals surface area contributed by atoms with Crippen LogP contribution in [-0.2, 0) is 32.7 Å². The highest BCUT2D eigenvalue weighted by Gasteiger charge is 2.27. The van der Waals surface area contributed by atoms with Crippen molar-refractivity contribution in [2.45, 2.75) is 187 Å². The number of carbonyl (C=O) groups is 2. The number of aliphatic hydroxyl groups is 2. The van der Waals surface area contributed by atoms with Crippen molar-refractivity contribution < 1.29 is 47.8 Å². The lowest BCUT2D eigenvalue weighted by Crippen LogP contribution is -2.28. The molecule has 56 heavy (non-hydrogen) atoms. The van der Waals surface area contributed by atoms with E-state index in [-0.39, 0.29) is 12.8 Å². The maximum Gasteiger partial charge on any atom is 0.472 e. The van der Waals surface area contributed by atoms with Gasteiger partial charge >= 0.3 is 19.8 Å². The van der Waals surface area contributed by atoms with E-state index < -0.39 is 58.4 Å². The van der Waals surface area contributed by atoms with Gasteiger partial charge in [0, 0.05) is 12.8 Å². The molecule has 11 heteroatoms. The van der Waals surface area contributed by atoms with Crippen molar-refractivity contribution in [2.75, 3.05) is 26.4 Å². The minimum atomic E-state index is -4.65. The van der Waals surface area contributed by atoms with Crippen LogP contribution in [0.1, 0.15) is 174 Å². The minimum Gasteiger partial charge on any atom is -0.457 e. The third-order valence-corrected chi connectivity index (χ3v) is 9.91. The van der Waals surface area contributed by atoms with Crippen molar-refractivity contribution in [3.8, 4) is 0 Å². The zero-order valence-electron chi connectivity index (χ0n) is 35.1. The van der Waals surface area contributed by atoms with Crippen molar-refractivity contribution in [3.05, 3.63) is 60.8 Å². The maximum absolute atomic E-state index is 12.4. The fourth-order valence-corrected chi connectivity index (χ4v) is 6.41. The Kier molecular flexibility index (Phi) is 39.2. The Morgan fingerprint density at radius 1 is 0.500 bits per heavy atom. The second kappa shape index (κ2) is 40.9. The second-order valence-corrected chi connectivity index (χ2v) is 15.7. The average Bonchev–Trinajstić information content (AvgIpc) is 3.19. The smallest absolute Gasteiger partial charge is 0.457 e. The third kappa shape index (κ3) is 38.5. The number of ether oxygens (including phenoxy) is 2. The number of phosphoric acid groups is 1. The fraction of sp³-hybridized carbons (Fsp3) is 0.733. The Bertz CT molecular complexity index is 1120. The van der Waals surface area contributed by atoms with Gasteiger partial charge in [-0.3, -0.25) is 18.6 Å². The summed E-state index contributed by atoms with van der Waals surface area (Å²) in [5, 5.41) is 19.2. The molecule has 0 aromatic rings. The Morgan fingerprint density at radius 2 is 0.839 bits per heavy atom. The van der Waals surface area contributed by atoms with Crippen molar-refractivity contribution >= 4 is 19.8 Å². The predicted molar refractivity (Wildman–Crippen MR) is 228 cm³/mol. The van der Waals surface area contributed by atoms with E-state index in [4.69, 9.17) is 18.5 Å². The highest BCUT2D eigenvalue weighted by atomic mass is 31.2. The number of phosphoric ester groups is 1. The van der Waals surface area contributed by atoms with Gasteiger partial charge in [0.05, 0.1) is 26.4 Å². The van der Waals surface area contributed by atoms with Gasteiger partial charge in [-0.05, 0) is 77.0 Å². The van der Waals surface area contributed by atoms with Crippen molar-refractivity contribution in [3.63, 3.8) is 0 Å². The predicted octanol–water partition coefficient (Wildman–Crippen LogP) is 11.5. The van der Waals surface area contributed by atoms with Crippen molar-refractivity contribution in [2.24, 2.45) is 0 Å². The summed E-state index contributed by atoms with van der Waals surface area (Å²) >= 11 is 0. The van der Waals surface area contributed by atoms with Gasteiger partial charge < -0.3 is 24.6 Å². The fourth-order valence-electron chi connectivity index (χ4n) is 5.63. The number of hydrogen-bond acceptors (Lipinski definition) is 9. The zero-order valence-corrected chi connectivity index (χ0v) is 36.0. The van der Waals surface area contributed by atoms with E-state index in [2.05, 4.69) is 74.6 Å². The molecule has 324 valence electrons. The van der Waals surface area contributed by atoms with E-state index >= 15 is 0 Å². The van der Waals surface area contributed by atoms with E-state index in [9.17, 15) is 29.3 Å². The number of aliphatic hydroxyl groups excluding tert-OH is 2. The molecule has 3 unspecified atom stereocenters. The van der Waals surface area contributed by atoms with Crippen LogP contribution in [0.4, 0.5) is 0 Å². The molecule has 0 heterocycles. The molecule has 0 bridgehead atoms. The number of unbranched alkanes of at least 4 members (excludes halogenated alkanes) is 16. The first kappa shape index (κ1) is 53.7. The molecule has 0 saturated carbocycles. The molecule has 0 aliphatic carbocycles. The number of allylic oxidation sites excluding steroid dienone is 10. The molecule has 0 spiro atoms. The van der Waals surface area contributed by atoms with Gasteiger partial charge in [-0.2, -0.15) is 0 Å². The summed E-state index contributed by atoms with van der Waals surface area (Å²) in [7, 11) is -4.65. The summed E-state index contributed by atoms with van der Waals surface area (Å²) in [6, 6.07) is 0. The quantitative estimate of drug-likeness (QED) is 0.0236. The molecule has 10 nitrogen and oxygen atoms in total. The first-order valence-corrected chi connectivity index (χ1v) is 23.2. The van der Waals surface area contributed by atoms with Crippen LogP contribution in [0.25, 0.3) is 0 Å². The van der Waals surface area contributed by atoms with Crippen LogP contribution in [0.3, 0.4) is 0 Å². The first-order valence-electron chi connectivity index (χ1n) is 21.7. The number of esters is 2. The first-order chi connectivity index (χ1) is 27.3. The Balaban J connectivity index is 3.96. The SMILES string of the molecule is CC/C=C\C/C=C\C/C=C\CCCCCCCC(=O)OC(CO)COP(=O)(O)OCC(CO)OC(=O)CCCCCCCCC/C=C\C/C=C\CCCCCC. The summed E-state index contributed by atoms with van der Waals surface area (Å²) in [5.41, 5.74) is 0. The van der Waals surface area contributed by atoms with E-state index in [0.29, 0.717) is 12.8 Å². The van der Waals surface area contributed by atoms with E-state index in [1.54, 1.807) is 0 Å². The van der Waals surface area contributed by atoms with E-state index in [0.717, 1.165) is 83.5 Å². The molecule has 0 amide bonds. The Hall–Kier alpha value is -2.33. The highest BCUT2D eigenvalue weighted by Crippen LogP contribution is 2.43. The number of rotatable bonds is 40. The second-order valence-electron chi connectivity index (χ2n) is 14.3. The summed E-state index contributed by atoms with van der Waals surface area (Å²) in [6.07, 6.45) is 44.7. The Morgan fingerprint density at radius 3 is 1.21 bits per heavy atom. The lowest BCUT2D eigenvalue weighted by molar-refractivity contribution is -0.153. The topological polar surface area (TPSA) is 149 Å². The van der Waals surface area contributed by atoms with Gasteiger partial charge in [0.25, 0.3) is 0 Å². The summed E-state index contributed by atoms with van der Waals surface area (Å²) in [5.74, 6) is -1.05. The van der Waals surface area contributed by atoms with Gasteiger partial charge in [0.2, 0.25) is 0 Å². The molecule has 0 aliphatic heterocycles. The van der Waals surface area contributed by atoms with E-state index in [1.165, 1.54) is 51.4 Å². The lowest BCUT2D eigenvalue weighted by Gasteiger charge is -2.20. The van der Waals surface area contributed by atoms with Crippen LogP contribution in [0, 0.1) is 0 Å². The molecule has 0 aliphatic rings. The Labute approximate surface area is 340 Å². The molecule has 0 aromatic carbocycles. The normalized spacial score (nSPS) is 14.4. The zero-order chi connectivity index (χ0) is 41.2. The van der Waals surface area contributed by atoms with Crippen molar-refractivity contribution in [1.29, 1.82) is 0 Å². The number of carbonyl (C=O) groups excluding carboxylic acids is 2. The average molecular weight is 811 g/mol. The molecule has 0 saturated heterocycles. The monoisotopic (exact) mass is 811 g/mol. The maximum atomic E-state index is 12.4. The molecule has 3 N–H and O–H groups in total. The largest absolute Gasteiger partial charge is 0.472 e. The molecular weight excluding hydrogens is 731 g/mol. The van der Waals surface area contributed by atoms with Crippen LogP contribution in [0.5, 0.6) is 0 Å². The van der Waals surface area contributed by atoms with Crippen LogP contribution >= 0.6 is 7.82 Å². The van der Waals surface area contributed by atoms with Gasteiger partial charge in [0.15, 0.2) is 0 Å². The van der Waals surface area contributed by atoms with Gasteiger partial charge in [-0.25, -0.2) is 4.57 Å². The third-order valence-electron chi connectivity index (χ3n) is 8.96. The minimum absolute atomic E-state index is 0.170.